The first-order valence-electron chi connectivity index (χ1n) is 12.3. The molecule has 6 rings (SSSR count). The second-order valence-corrected chi connectivity index (χ2v) is 11.0. The van der Waals surface area contributed by atoms with Crippen molar-refractivity contribution in [3.8, 4) is 22.6 Å². The van der Waals surface area contributed by atoms with Gasteiger partial charge in [0.15, 0.2) is 5.65 Å². The molecule has 5 aromatic rings. The van der Waals surface area contributed by atoms with Gasteiger partial charge in [0.05, 0.1) is 28.5 Å². The van der Waals surface area contributed by atoms with Crippen LogP contribution < -0.4 is 9.62 Å². The van der Waals surface area contributed by atoms with Crippen LogP contribution in [0.1, 0.15) is 24.4 Å². The first kappa shape index (κ1) is 24.2. The molecular weight excluding hydrogens is 503 g/mol. The molecule has 8 nitrogen and oxygen atoms in total. The Hall–Kier alpha value is -4.15. The van der Waals surface area contributed by atoms with Gasteiger partial charge in [-0.3, -0.25) is 0 Å². The van der Waals surface area contributed by atoms with Crippen LogP contribution in [0, 0.1) is 5.82 Å². The van der Waals surface area contributed by atoms with Gasteiger partial charge < -0.3 is 4.90 Å². The fourth-order valence-corrected chi connectivity index (χ4v) is 5.68. The second kappa shape index (κ2) is 9.62. The van der Waals surface area contributed by atoms with Crippen LogP contribution in [0.5, 0.6) is 0 Å². The smallest absolute Gasteiger partial charge is 0.240 e. The van der Waals surface area contributed by atoms with Crippen molar-refractivity contribution in [3.05, 3.63) is 96.4 Å². The van der Waals surface area contributed by atoms with Gasteiger partial charge >= 0.3 is 0 Å². The molecule has 1 aliphatic rings. The number of imidazole rings is 1. The van der Waals surface area contributed by atoms with Crippen LogP contribution in [0.2, 0.25) is 0 Å². The Bertz CT molecular complexity index is 1740. The number of fused-ring (bicyclic) bond motifs is 1. The fraction of sp³-hybridized carbons (Fsp3) is 0.179. The molecule has 0 amide bonds. The molecule has 3 aromatic heterocycles. The predicted molar refractivity (Wildman–Crippen MR) is 144 cm³/mol. The molecule has 192 valence electrons. The van der Waals surface area contributed by atoms with Crippen LogP contribution in [-0.4, -0.2) is 41.6 Å². The van der Waals surface area contributed by atoms with Crippen LogP contribution in [0.4, 0.5) is 10.2 Å². The summed E-state index contributed by atoms with van der Waals surface area (Å²) < 4.78 is 42.1. The monoisotopic (exact) mass is 528 g/mol. The summed E-state index contributed by atoms with van der Waals surface area (Å²) in [5.41, 5.74) is 4.55. The third-order valence-electron chi connectivity index (χ3n) is 6.87. The van der Waals surface area contributed by atoms with Crippen molar-refractivity contribution in [2.75, 3.05) is 18.5 Å². The average Bonchev–Trinajstić information content (AvgIpc) is 3.60. The zero-order chi connectivity index (χ0) is 26.3. The zero-order valence-electron chi connectivity index (χ0n) is 20.6. The highest BCUT2D eigenvalue weighted by Crippen LogP contribution is 2.36. The summed E-state index contributed by atoms with van der Waals surface area (Å²) in [6, 6.07) is 23.0. The summed E-state index contributed by atoms with van der Waals surface area (Å²) in [6.45, 7) is 0.830. The van der Waals surface area contributed by atoms with E-state index in [0.717, 1.165) is 42.0 Å². The van der Waals surface area contributed by atoms with Gasteiger partial charge in [-0.05, 0) is 74.0 Å². The quantitative estimate of drug-likeness (QED) is 0.339. The molecule has 0 unspecified atom stereocenters. The lowest BCUT2D eigenvalue weighted by molar-refractivity contribution is 0.588. The maximum atomic E-state index is 13.9. The first-order valence-corrected chi connectivity index (χ1v) is 13.8. The fourth-order valence-electron chi connectivity index (χ4n) is 4.95. The van der Waals surface area contributed by atoms with Gasteiger partial charge in [0.2, 0.25) is 10.0 Å². The lowest BCUT2D eigenvalue weighted by Crippen LogP contribution is -2.24. The maximum Gasteiger partial charge on any atom is 0.240 e. The molecule has 1 aliphatic heterocycles. The molecular formula is C28H25FN6O2S. The lowest BCUT2D eigenvalue weighted by Gasteiger charge is -2.26. The molecule has 0 aliphatic carbocycles. The summed E-state index contributed by atoms with van der Waals surface area (Å²) >= 11 is 0. The number of sulfonamides is 1. The maximum absolute atomic E-state index is 13.9. The van der Waals surface area contributed by atoms with Gasteiger partial charge in [0.1, 0.15) is 17.3 Å². The van der Waals surface area contributed by atoms with E-state index in [-0.39, 0.29) is 16.8 Å². The van der Waals surface area contributed by atoms with Crippen molar-refractivity contribution in [1.29, 1.82) is 0 Å². The number of nitrogens with zero attached hydrogens (tertiary/aromatic N) is 5. The number of hydrogen-bond donors (Lipinski definition) is 1. The highest BCUT2D eigenvalue weighted by molar-refractivity contribution is 7.89. The molecule has 1 saturated heterocycles. The van der Waals surface area contributed by atoms with Crippen molar-refractivity contribution in [2.45, 2.75) is 23.8 Å². The number of anilines is 1. The second-order valence-electron chi connectivity index (χ2n) is 9.15. The number of hydrogen-bond acceptors (Lipinski definition) is 6. The normalized spacial score (nSPS) is 15.8. The van der Waals surface area contributed by atoms with E-state index in [4.69, 9.17) is 10.1 Å². The van der Waals surface area contributed by atoms with Crippen molar-refractivity contribution in [2.24, 2.45) is 0 Å². The summed E-state index contributed by atoms with van der Waals surface area (Å²) in [5.74, 6) is 0.555. The highest BCUT2D eigenvalue weighted by atomic mass is 32.2. The Labute approximate surface area is 219 Å². The van der Waals surface area contributed by atoms with E-state index < -0.39 is 10.0 Å². The predicted octanol–water partition coefficient (Wildman–Crippen LogP) is 4.85. The van der Waals surface area contributed by atoms with Gasteiger partial charge in [-0.25, -0.2) is 32.0 Å². The van der Waals surface area contributed by atoms with Crippen LogP contribution >= 0.6 is 0 Å². The topological polar surface area (TPSA) is 92.5 Å². The van der Waals surface area contributed by atoms with Crippen molar-refractivity contribution >= 4 is 21.5 Å². The summed E-state index contributed by atoms with van der Waals surface area (Å²) in [4.78, 5) is 11.7. The van der Waals surface area contributed by atoms with Gasteiger partial charge in [0.25, 0.3) is 0 Å². The molecule has 0 saturated carbocycles. The van der Waals surface area contributed by atoms with E-state index in [2.05, 4.69) is 14.6 Å². The van der Waals surface area contributed by atoms with E-state index in [0.29, 0.717) is 17.0 Å². The molecule has 4 heterocycles. The molecule has 0 spiro atoms. The summed E-state index contributed by atoms with van der Waals surface area (Å²) in [7, 11) is -2.13. The SMILES string of the molecule is CNS(=O)(=O)c1ccc(-c2cccc(-c3cnc4ccc(N5CCC[C@@H]5c5cccc(F)c5)nn34)n2)cc1. The van der Waals surface area contributed by atoms with Crippen LogP contribution in [-0.2, 0) is 10.0 Å². The minimum atomic E-state index is -3.51. The Balaban J connectivity index is 1.35. The van der Waals surface area contributed by atoms with Gasteiger partial charge in [-0.1, -0.05) is 30.3 Å². The minimum Gasteiger partial charge on any atom is -0.348 e. The average molecular weight is 529 g/mol. The lowest BCUT2D eigenvalue weighted by atomic mass is 10.0. The first-order chi connectivity index (χ1) is 18.4. The molecule has 0 radical (unpaired) electrons. The van der Waals surface area contributed by atoms with E-state index in [1.54, 1.807) is 47.1 Å². The zero-order valence-corrected chi connectivity index (χ0v) is 21.4. The number of halogens is 1. The summed E-state index contributed by atoms with van der Waals surface area (Å²) in [6.07, 6.45) is 3.67. The Morgan fingerprint density at radius 2 is 1.76 bits per heavy atom. The van der Waals surface area contributed by atoms with Crippen molar-refractivity contribution in [1.82, 2.24) is 24.3 Å². The number of benzene rings is 2. The van der Waals surface area contributed by atoms with Crippen LogP contribution in [0.15, 0.2) is 90.0 Å². The van der Waals surface area contributed by atoms with E-state index >= 15 is 0 Å². The standard InChI is InChI=1S/C28H25FN6O2S/c1-30-38(36,37)22-12-10-19(11-13-22)23-7-3-8-24(32-23)26-18-31-27-14-15-28(33-35(26)27)34-16-4-9-25(34)20-5-2-6-21(29)17-20/h2-3,5-8,10-15,17-18,25,30H,4,9,16H2,1H3/t25-/m1/s1. The van der Waals surface area contributed by atoms with E-state index in [9.17, 15) is 12.8 Å². The number of rotatable bonds is 6. The van der Waals surface area contributed by atoms with E-state index in [1.807, 2.05) is 36.4 Å². The third kappa shape index (κ3) is 4.42. The Morgan fingerprint density at radius 1 is 0.974 bits per heavy atom. The summed E-state index contributed by atoms with van der Waals surface area (Å²) in [5, 5.41) is 4.91. The van der Waals surface area contributed by atoms with Gasteiger partial charge in [0, 0.05) is 12.1 Å². The number of pyridine rings is 1. The van der Waals surface area contributed by atoms with Gasteiger partial charge in [-0.2, -0.15) is 0 Å². The van der Waals surface area contributed by atoms with Crippen molar-refractivity contribution in [3.63, 3.8) is 0 Å². The Morgan fingerprint density at radius 3 is 2.55 bits per heavy atom. The van der Waals surface area contributed by atoms with Crippen LogP contribution in [0.25, 0.3) is 28.3 Å². The molecule has 0 bridgehead atoms. The largest absolute Gasteiger partial charge is 0.348 e. The van der Waals surface area contributed by atoms with Gasteiger partial charge in [-0.15, -0.1) is 5.10 Å². The molecule has 10 heteroatoms. The molecule has 38 heavy (non-hydrogen) atoms. The molecule has 1 fully saturated rings. The number of nitrogens with one attached hydrogen (secondary N) is 1. The Kier molecular flexibility index (Phi) is 6.13. The minimum absolute atomic E-state index is 0.0544. The third-order valence-corrected chi connectivity index (χ3v) is 8.30. The molecule has 2 aromatic carbocycles. The van der Waals surface area contributed by atoms with E-state index in [1.165, 1.54) is 13.1 Å². The molecule has 1 N–H and O–H groups in total. The van der Waals surface area contributed by atoms with Crippen LogP contribution in [0.3, 0.4) is 0 Å². The molecule has 1 atom stereocenters. The highest BCUT2D eigenvalue weighted by Gasteiger charge is 2.28. The number of aromatic nitrogens is 4. The van der Waals surface area contributed by atoms with Crippen molar-refractivity contribution < 1.29 is 12.8 Å².